The fraction of sp³-hybridized carbons (Fsp3) is 0.0417. The van der Waals surface area contributed by atoms with Crippen LogP contribution in [0, 0.1) is 0 Å². The Morgan fingerprint density at radius 1 is 0.879 bits per heavy atom. The summed E-state index contributed by atoms with van der Waals surface area (Å²) in [5, 5.41) is 7.37. The maximum Gasteiger partial charge on any atom is 0.287 e. The molecule has 166 valence electrons. The van der Waals surface area contributed by atoms with Gasteiger partial charge in [-0.1, -0.05) is 53.5 Å². The van der Waals surface area contributed by atoms with E-state index in [-0.39, 0.29) is 12.5 Å². The van der Waals surface area contributed by atoms with Crippen molar-refractivity contribution >= 4 is 47.3 Å². The lowest BCUT2D eigenvalue weighted by Crippen LogP contribution is -2.32. The average molecular weight is 482 g/mol. The van der Waals surface area contributed by atoms with Gasteiger partial charge >= 0.3 is 0 Å². The lowest BCUT2D eigenvalue weighted by Gasteiger charge is -2.09. The topological polar surface area (TPSA) is 89.0 Å². The van der Waals surface area contributed by atoms with Gasteiger partial charge in [-0.25, -0.2) is 5.43 Å². The summed E-state index contributed by atoms with van der Waals surface area (Å²) in [6.07, 6.45) is 2.93. The molecule has 2 amide bonds. The number of carbonyl (C=O) groups is 2. The fourth-order valence-corrected chi connectivity index (χ4v) is 3.24. The van der Waals surface area contributed by atoms with Crippen molar-refractivity contribution in [2.75, 3.05) is 6.79 Å². The standard InChI is InChI=1S/C24H17Cl2N3O4/c25-18-8-6-16(10-19(18)26)13-27-29-24(31)20(28-23(30)17-4-2-1-3-5-17)11-15-7-9-21-22(12-15)33-14-32-21/h1-13H,14H2,(H,28,30)(H,29,31)/b20-11+,27-13-. The van der Waals surface area contributed by atoms with E-state index in [1.54, 1.807) is 66.7 Å². The highest BCUT2D eigenvalue weighted by molar-refractivity contribution is 6.42. The van der Waals surface area contributed by atoms with Gasteiger partial charge < -0.3 is 14.8 Å². The number of halogens is 2. The highest BCUT2D eigenvalue weighted by atomic mass is 35.5. The summed E-state index contributed by atoms with van der Waals surface area (Å²) >= 11 is 11.9. The first-order valence-electron chi connectivity index (χ1n) is 9.76. The third-order valence-electron chi connectivity index (χ3n) is 4.56. The van der Waals surface area contributed by atoms with Gasteiger partial charge in [-0.2, -0.15) is 5.10 Å². The van der Waals surface area contributed by atoms with E-state index in [0.29, 0.717) is 38.2 Å². The van der Waals surface area contributed by atoms with E-state index in [0.717, 1.165) is 0 Å². The second kappa shape index (κ2) is 10.2. The number of benzene rings is 3. The molecule has 0 bridgehead atoms. The summed E-state index contributed by atoms with van der Waals surface area (Å²) in [5.74, 6) is 0.104. The summed E-state index contributed by atoms with van der Waals surface area (Å²) in [6, 6.07) is 18.7. The molecule has 0 saturated heterocycles. The van der Waals surface area contributed by atoms with Gasteiger partial charge in [-0.05, 0) is 53.6 Å². The van der Waals surface area contributed by atoms with Crippen LogP contribution in [0.15, 0.2) is 77.5 Å². The van der Waals surface area contributed by atoms with Gasteiger partial charge in [0.05, 0.1) is 16.3 Å². The summed E-state index contributed by atoms with van der Waals surface area (Å²) in [4.78, 5) is 25.5. The predicted molar refractivity (Wildman–Crippen MR) is 127 cm³/mol. The molecule has 0 aliphatic carbocycles. The molecule has 2 N–H and O–H groups in total. The summed E-state index contributed by atoms with van der Waals surface area (Å²) in [5.41, 5.74) is 4.08. The largest absolute Gasteiger partial charge is 0.454 e. The molecule has 0 saturated carbocycles. The second-order valence-electron chi connectivity index (χ2n) is 6.86. The molecular formula is C24H17Cl2N3O4. The number of rotatable bonds is 6. The van der Waals surface area contributed by atoms with E-state index in [1.807, 2.05) is 0 Å². The third-order valence-corrected chi connectivity index (χ3v) is 5.30. The molecular weight excluding hydrogens is 465 g/mol. The molecule has 4 rings (SSSR count). The molecule has 1 aliphatic heterocycles. The van der Waals surface area contributed by atoms with Crippen LogP contribution in [0.3, 0.4) is 0 Å². The van der Waals surface area contributed by atoms with Crippen LogP contribution in [0.4, 0.5) is 0 Å². The number of fused-ring (bicyclic) bond motifs is 1. The van der Waals surface area contributed by atoms with Crippen molar-refractivity contribution in [1.29, 1.82) is 0 Å². The van der Waals surface area contributed by atoms with Gasteiger partial charge in [0, 0.05) is 5.56 Å². The van der Waals surface area contributed by atoms with Gasteiger partial charge in [0.1, 0.15) is 5.70 Å². The van der Waals surface area contributed by atoms with Crippen molar-refractivity contribution in [2.24, 2.45) is 5.10 Å². The highest BCUT2D eigenvalue weighted by Crippen LogP contribution is 2.33. The number of hydrogen-bond acceptors (Lipinski definition) is 5. The number of nitrogens with zero attached hydrogens (tertiary/aromatic N) is 1. The van der Waals surface area contributed by atoms with Crippen molar-refractivity contribution in [1.82, 2.24) is 10.7 Å². The van der Waals surface area contributed by atoms with Gasteiger partial charge in [0.25, 0.3) is 11.8 Å². The minimum Gasteiger partial charge on any atom is -0.454 e. The Bertz CT molecular complexity index is 1260. The molecule has 0 aromatic heterocycles. The minimum absolute atomic E-state index is 0.00555. The second-order valence-corrected chi connectivity index (χ2v) is 7.68. The zero-order valence-electron chi connectivity index (χ0n) is 17.0. The first-order chi connectivity index (χ1) is 16.0. The van der Waals surface area contributed by atoms with Crippen LogP contribution in [-0.4, -0.2) is 24.8 Å². The molecule has 3 aromatic rings. The molecule has 1 heterocycles. The van der Waals surface area contributed by atoms with E-state index in [1.165, 1.54) is 12.3 Å². The summed E-state index contributed by atoms with van der Waals surface area (Å²) < 4.78 is 10.7. The van der Waals surface area contributed by atoms with Crippen molar-refractivity contribution in [2.45, 2.75) is 0 Å². The Labute approximate surface area is 199 Å². The van der Waals surface area contributed by atoms with Gasteiger partial charge in [0.15, 0.2) is 11.5 Å². The molecule has 0 spiro atoms. The Kier molecular flexibility index (Phi) is 6.92. The summed E-state index contributed by atoms with van der Waals surface area (Å²) in [6.45, 7) is 0.129. The van der Waals surface area contributed by atoms with Crippen molar-refractivity contribution in [3.63, 3.8) is 0 Å². The number of hydrogen-bond donors (Lipinski definition) is 2. The molecule has 1 aliphatic rings. The highest BCUT2D eigenvalue weighted by Gasteiger charge is 2.16. The van der Waals surface area contributed by atoms with E-state index in [9.17, 15) is 9.59 Å². The monoisotopic (exact) mass is 481 g/mol. The lowest BCUT2D eigenvalue weighted by atomic mass is 10.1. The number of ether oxygens (including phenoxy) is 2. The van der Waals surface area contributed by atoms with Crippen LogP contribution in [0.5, 0.6) is 11.5 Å². The molecule has 33 heavy (non-hydrogen) atoms. The Morgan fingerprint density at radius 3 is 2.42 bits per heavy atom. The molecule has 0 fully saturated rings. The number of nitrogens with one attached hydrogen (secondary N) is 2. The summed E-state index contributed by atoms with van der Waals surface area (Å²) in [7, 11) is 0. The van der Waals surface area contributed by atoms with E-state index < -0.39 is 11.8 Å². The van der Waals surface area contributed by atoms with Crippen LogP contribution in [0.2, 0.25) is 10.0 Å². The van der Waals surface area contributed by atoms with Crippen LogP contribution >= 0.6 is 23.2 Å². The van der Waals surface area contributed by atoms with Crippen LogP contribution in [0.25, 0.3) is 6.08 Å². The Balaban J connectivity index is 1.55. The zero-order valence-corrected chi connectivity index (χ0v) is 18.6. The smallest absolute Gasteiger partial charge is 0.287 e. The fourth-order valence-electron chi connectivity index (χ4n) is 2.93. The van der Waals surface area contributed by atoms with Crippen molar-refractivity contribution < 1.29 is 19.1 Å². The minimum atomic E-state index is -0.617. The number of carbonyl (C=O) groups excluding carboxylic acids is 2. The first-order valence-corrected chi connectivity index (χ1v) is 10.5. The molecule has 0 radical (unpaired) electrons. The zero-order chi connectivity index (χ0) is 23.2. The molecule has 7 nitrogen and oxygen atoms in total. The van der Waals surface area contributed by atoms with E-state index in [4.69, 9.17) is 32.7 Å². The lowest BCUT2D eigenvalue weighted by molar-refractivity contribution is -0.117. The molecule has 3 aromatic carbocycles. The molecule has 0 unspecified atom stereocenters. The van der Waals surface area contributed by atoms with Gasteiger partial charge in [-0.15, -0.1) is 0 Å². The SMILES string of the molecule is O=C(N/N=C\c1ccc(Cl)c(Cl)c1)/C(=C\c1ccc2c(c1)OCO2)NC(=O)c1ccccc1. The third kappa shape index (κ3) is 5.71. The van der Waals surface area contributed by atoms with Gasteiger partial charge in [0.2, 0.25) is 6.79 Å². The Hall–Kier alpha value is -3.81. The number of hydrazone groups is 1. The number of amides is 2. The van der Waals surface area contributed by atoms with Crippen molar-refractivity contribution in [3.8, 4) is 11.5 Å². The normalized spacial score (nSPS) is 12.6. The van der Waals surface area contributed by atoms with Crippen LogP contribution in [0.1, 0.15) is 21.5 Å². The molecule has 9 heteroatoms. The van der Waals surface area contributed by atoms with E-state index in [2.05, 4.69) is 15.8 Å². The van der Waals surface area contributed by atoms with E-state index >= 15 is 0 Å². The van der Waals surface area contributed by atoms with Crippen LogP contribution in [-0.2, 0) is 4.79 Å². The maximum absolute atomic E-state index is 12.8. The van der Waals surface area contributed by atoms with Crippen LogP contribution < -0.4 is 20.2 Å². The first kappa shape index (κ1) is 22.4. The quantitative estimate of drug-likeness (QED) is 0.304. The maximum atomic E-state index is 12.8. The average Bonchev–Trinajstić information content (AvgIpc) is 3.29. The van der Waals surface area contributed by atoms with Crippen molar-refractivity contribution in [3.05, 3.63) is 99.2 Å². The predicted octanol–water partition coefficient (Wildman–Crippen LogP) is 4.64. The Morgan fingerprint density at radius 2 is 1.64 bits per heavy atom. The van der Waals surface area contributed by atoms with Gasteiger partial charge in [-0.3, -0.25) is 9.59 Å². The molecule has 0 atom stereocenters.